The molecule has 4 aromatic rings. The Hall–Kier alpha value is -3.81. The third-order valence-electron chi connectivity index (χ3n) is 3.61. The first-order chi connectivity index (χ1) is 12.2. The van der Waals surface area contributed by atoms with Crippen LogP contribution in [0.4, 0.5) is 17.2 Å². The number of nitrogens with one attached hydrogen (secondary N) is 1. The molecule has 1 N–H and O–H groups in total. The van der Waals surface area contributed by atoms with Crippen LogP contribution in [0, 0.1) is 10.1 Å². The summed E-state index contributed by atoms with van der Waals surface area (Å²) in [5.41, 5.74) is 2.73. The number of hydrogen-bond acceptors (Lipinski definition) is 6. The first-order valence-corrected chi connectivity index (χ1v) is 7.48. The molecule has 0 fully saturated rings. The van der Waals surface area contributed by atoms with Crippen molar-refractivity contribution in [3.05, 3.63) is 77.1 Å². The fraction of sp³-hybridized carbons (Fsp3) is 0. The summed E-state index contributed by atoms with van der Waals surface area (Å²) in [6.45, 7) is 0. The highest BCUT2D eigenvalue weighted by Gasteiger charge is 2.10. The number of fused-ring (bicyclic) bond motifs is 1. The van der Waals surface area contributed by atoms with Crippen molar-refractivity contribution in [1.82, 2.24) is 19.7 Å². The van der Waals surface area contributed by atoms with E-state index in [0.717, 1.165) is 5.69 Å². The SMILES string of the molecule is O=[N+]([O-])c1cccc(Nc2cnc3c(cnn3-c3ccccc3)n2)c1. The molecule has 122 valence electrons. The standard InChI is InChI=1S/C17H12N6O2/c24-23(25)14-8-4-5-12(9-14)20-16-11-18-17-15(21-16)10-19-22(17)13-6-2-1-3-7-13/h1-11H,(H,20,21). The van der Waals surface area contributed by atoms with E-state index in [-0.39, 0.29) is 5.69 Å². The van der Waals surface area contributed by atoms with E-state index >= 15 is 0 Å². The average molecular weight is 332 g/mol. The Morgan fingerprint density at radius 3 is 2.68 bits per heavy atom. The number of nitro groups is 1. The van der Waals surface area contributed by atoms with Gasteiger partial charge >= 0.3 is 0 Å². The molecule has 8 nitrogen and oxygen atoms in total. The summed E-state index contributed by atoms with van der Waals surface area (Å²) >= 11 is 0. The number of para-hydroxylation sites is 1. The summed E-state index contributed by atoms with van der Waals surface area (Å²) in [5.74, 6) is 0.487. The van der Waals surface area contributed by atoms with Gasteiger partial charge in [0.05, 0.1) is 23.0 Å². The Kier molecular flexibility index (Phi) is 3.55. The number of non-ortho nitro benzene ring substituents is 1. The fourth-order valence-corrected chi connectivity index (χ4v) is 2.48. The molecular weight excluding hydrogens is 320 g/mol. The molecule has 0 atom stereocenters. The number of nitrogens with zero attached hydrogens (tertiary/aromatic N) is 5. The largest absolute Gasteiger partial charge is 0.339 e. The molecule has 4 rings (SSSR count). The summed E-state index contributed by atoms with van der Waals surface area (Å²) in [6, 6.07) is 15.9. The molecule has 0 aliphatic carbocycles. The highest BCUT2D eigenvalue weighted by Crippen LogP contribution is 2.22. The molecule has 0 saturated heterocycles. The first-order valence-electron chi connectivity index (χ1n) is 7.48. The lowest BCUT2D eigenvalue weighted by Gasteiger charge is -2.06. The second kappa shape index (κ2) is 6.00. The Balaban J connectivity index is 1.66. The van der Waals surface area contributed by atoms with Gasteiger partial charge in [0.2, 0.25) is 0 Å². The highest BCUT2D eigenvalue weighted by atomic mass is 16.6. The van der Waals surface area contributed by atoms with Crippen molar-refractivity contribution in [2.24, 2.45) is 0 Å². The summed E-state index contributed by atoms with van der Waals surface area (Å²) in [6.07, 6.45) is 3.20. The number of nitro benzene ring substituents is 1. The van der Waals surface area contributed by atoms with Gasteiger partial charge in [0.25, 0.3) is 5.69 Å². The lowest BCUT2D eigenvalue weighted by molar-refractivity contribution is -0.384. The van der Waals surface area contributed by atoms with Crippen molar-refractivity contribution in [1.29, 1.82) is 0 Å². The van der Waals surface area contributed by atoms with Crippen LogP contribution in [0.2, 0.25) is 0 Å². The maximum Gasteiger partial charge on any atom is 0.271 e. The van der Waals surface area contributed by atoms with E-state index < -0.39 is 4.92 Å². The maximum atomic E-state index is 10.9. The van der Waals surface area contributed by atoms with Crippen molar-refractivity contribution in [3.63, 3.8) is 0 Å². The fourth-order valence-electron chi connectivity index (χ4n) is 2.48. The molecule has 0 unspecified atom stereocenters. The Morgan fingerprint density at radius 1 is 1.04 bits per heavy atom. The predicted octanol–water partition coefficient (Wildman–Crippen LogP) is 3.47. The van der Waals surface area contributed by atoms with Crippen LogP contribution in [0.1, 0.15) is 0 Å². The van der Waals surface area contributed by atoms with E-state index in [0.29, 0.717) is 22.7 Å². The van der Waals surface area contributed by atoms with E-state index in [1.807, 2.05) is 30.3 Å². The topological polar surface area (TPSA) is 98.8 Å². The van der Waals surface area contributed by atoms with Crippen LogP contribution in [0.3, 0.4) is 0 Å². The minimum atomic E-state index is -0.441. The monoisotopic (exact) mass is 332 g/mol. The molecule has 2 aromatic carbocycles. The van der Waals surface area contributed by atoms with Crippen LogP contribution in [0.5, 0.6) is 0 Å². The van der Waals surface area contributed by atoms with Crippen LogP contribution >= 0.6 is 0 Å². The van der Waals surface area contributed by atoms with Gasteiger partial charge in [0, 0.05) is 17.8 Å². The number of anilines is 2. The molecule has 2 heterocycles. The second-order valence-electron chi connectivity index (χ2n) is 5.29. The summed E-state index contributed by atoms with van der Waals surface area (Å²) in [7, 11) is 0. The summed E-state index contributed by atoms with van der Waals surface area (Å²) < 4.78 is 1.71. The molecule has 0 spiro atoms. The third kappa shape index (κ3) is 2.88. The van der Waals surface area contributed by atoms with E-state index in [2.05, 4.69) is 20.4 Å². The highest BCUT2D eigenvalue weighted by molar-refractivity contribution is 5.74. The van der Waals surface area contributed by atoms with Crippen LogP contribution in [-0.4, -0.2) is 24.7 Å². The molecule has 2 aromatic heterocycles. The molecule has 0 saturated carbocycles. The minimum Gasteiger partial charge on any atom is -0.339 e. The number of rotatable bonds is 4. The van der Waals surface area contributed by atoms with Gasteiger partial charge in [-0.1, -0.05) is 24.3 Å². The van der Waals surface area contributed by atoms with Gasteiger partial charge in [0.15, 0.2) is 5.65 Å². The zero-order valence-corrected chi connectivity index (χ0v) is 12.9. The molecule has 0 amide bonds. The number of hydrogen-bond donors (Lipinski definition) is 1. The molecular formula is C17H12N6O2. The Bertz CT molecular complexity index is 1060. The Morgan fingerprint density at radius 2 is 1.88 bits per heavy atom. The molecule has 0 bridgehead atoms. The number of benzene rings is 2. The van der Waals surface area contributed by atoms with Gasteiger partial charge in [-0.15, -0.1) is 0 Å². The summed E-state index contributed by atoms with van der Waals surface area (Å²) in [5, 5.41) is 18.2. The van der Waals surface area contributed by atoms with Gasteiger partial charge in [0.1, 0.15) is 11.3 Å². The normalized spacial score (nSPS) is 10.7. The van der Waals surface area contributed by atoms with Crippen molar-refractivity contribution in [3.8, 4) is 5.69 Å². The van der Waals surface area contributed by atoms with Crippen molar-refractivity contribution in [2.75, 3.05) is 5.32 Å². The van der Waals surface area contributed by atoms with Crippen LogP contribution in [0.15, 0.2) is 67.0 Å². The quantitative estimate of drug-likeness (QED) is 0.454. The van der Waals surface area contributed by atoms with Gasteiger partial charge in [-0.05, 0) is 18.2 Å². The average Bonchev–Trinajstić information content (AvgIpc) is 3.06. The molecule has 0 aliphatic rings. The van der Waals surface area contributed by atoms with Gasteiger partial charge < -0.3 is 5.32 Å². The van der Waals surface area contributed by atoms with Crippen LogP contribution < -0.4 is 5.32 Å². The van der Waals surface area contributed by atoms with Crippen LogP contribution in [0.25, 0.3) is 16.9 Å². The van der Waals surface area contributed by atoms with E-state index in [1.54, 1.807) is 29.2 Å². The molecule has 25 heavy (non-hydrogen) atoms. The van der Waals surface area contributed by atoms with Crippen molar-refractivity contribution in [2.45, 2.75) is 0 Å². The lowest BCUT2D eigenvalue weighted by atomic mass is 10.3. The maximum absolute atomic E-state index is 10.9. The van der Waals surface area contributed by atoms with Gasteiger partial charge in [-0.2, -0.15) is 5.10 Å². The van der Waals surface area contributed by atoms with Gasteiger partial charge in [-0.25, -0.2) is 14.6 Å². The smallest absolute Gasteiger partial charge is 0.271 e. The first kappa shape index (κ1) is 14.8. The number of aromatic nitrogens is 4. The van der Waals surface area contributed by atoms with Crippen molar-refractivity contribution < 1.29 is 4.92 Å². The lowest BCUT2D eigenvalue weighted by Crippen LogP contribution is -1.99. The van der Waals surface area contributed by atoms with Crippen LogP contribution in [-0.2, 0) is 0 Å². The van der Waals surface area contributed by atoms with E-state index in [1.165, 1.54) is 12.1 Å². The predicted molar refractivity (Wildman–Crippen MR) is 93.0 cm³/mol. The summed E-state index contributed by atoms with van der Waals surface area (Å²) in [4.78, 5) is 19.3. The third-order valence-corrected chi connectivity index (χ3v) is 3.61. The second-order valence-corrected chi connectivity index (χ2v) is 5.29. The molecule has 0 aliphatic heterocycles. The zero-order chi connectivity index (χ0) is 17.2. The zero-order valence-electron chi connectivity index (χ0n) is 12.9. The Labute approximate surface area is 141 Å². The van der Waals surface area contributed by atoms with Gasteiger partial charge in [-0.3, -0.25) is 10.1 Å². The molecule has 0 radical (unpaired) electrons. The van der Waals surface area contributed by atoms with E-state index in [4.69, 9.17) is 0 Å². The molecule has 8 heteroatoms. The minimum absolute atomic E-state index is 0.0101. The van der Waals surface area contributed by atoms with E-state index in [9.17, 15) is 10.1 Å². The van der Waals surface area contributed by atoms with Crippen molar-refractivity contribution >= 4 is 28.4 Å².